The summed E-state index contributed by atoms with van der Waals surface area (Å²) in [5.41, 5.74) is 7.36. The minimum Gasteiger partial charge on any atom is -0.147 e. The van der Waals surface area contributed by atoms with Crippen LogP contribution in [0.25, 0.3) is 11.3 Å². The van der Waals surface area contributed by atoms with Crippen LogP contribution in [0.3, 0.4) is 0 Å². The normalized spacial score (nSPS) is 10.9. The maximum Gasteiger partial charge on any atom is -0.147 e. The summed E-state index contributed by atoms with van der Waals surface area (Å²) in [5, 5.41) is 4.42. The Morgan fingerprint density at radius 2 is 1.64 bits per heavy atom. The van der Waals surface area contributed by atoms with E-state index in [0.717, 1.165) is 27.2 Å². The van der Waals surface area contributed by atoms with Gasteiger partial charge in [-0.05, 0) is 0 Å². The first-order chi connectivity index (χ1) is 10.3. The summed E-state index contributed by atoms with van der Waals surface area (Å²) in [4.78, 5) is 6.79. The van der Waals surface area contributed by atoms with E-state index in [1.165, 1.54) is 0 Å². The van der Waals surface area contributed by atoms with Crippen LogP contribution in [0, 0.1) is 0 Å². The van der Waals surface area contributed by atoms with Crippen molar-refractivity contribution in [1.29, 1.82) is 0 Å². The first kappa shape index (κ1) is 16.5. The van der Waals surface area contributed by atoms with Gasteiger partial charge in [-0.2, -0.15) is 0 Å². The second-order valence-electron chi connectivity index (χ2n) is 4.58. The van der Waals surface area contributed by atoms with Crippen molar-refractivity contribution in [2.75, 3.05) is 5.43 Å². The van der Waals surface area contributed by atoms with E-state index in [4.69, 9.17) is 0 Å². The van der Waals surface area contributed by atoms with Crippen molar-refractivity contribution in [3.05, 3.63) is 71.2 Å². The van der Waals surface area contributed by atoms with Crippen molar-refractivity contribution in [3.8, 4) is 11.3 Å². The number of nitrogens with one attached hydrogen (secondary N) is 1. The monoisotopic (exact) mass is 377 g/mol. The standard InChI is InChI=1S/C17H15N3Se.ClH/c1-13(14-8-4-2-5-9-14)19-20-17-18-16(12-21-17)15-10-6-3-7-11-15;/h2-12H,1H3,(H,18,20);1H/b19-13-;. The van der Waals surface area contributed by atoms with Gasteiger partial charge in [-0.1, -0.05) is 0 Å². The van der Waals surface area contributed by atoms with Crippen molar-refractivity contribution in [2.45, 2.75) is 6.92 Å². The van der Waals surface area contributed by atoms with Crippen molar-refractivity contribution in [2.24, 2.45) is 5.10 Å². The van der Waals surface area contributed by atoms with Gasteiger partial charge < -0.3 is 0 Å². The molecule has 1 aromatic heterocycles. The summed E-state index contributed by atoms with van der Waals surface area (Å²) in [6.45, 7) is 2.00. The molecule has 3 aromatic rings. The molecule has 5 heteroatoms. The fourth-order valence-electron chi connectivity index (χ4n) is 1.94. The van der Waals surface area contributed by atoms with E-state index >= 15 is 0 Å². The minimum absolute atomic E-state index is 0. The second kappa shape index (κ2) is 7.95. The Labute approximate surface area is 142 Å². The zero-order valence-corrected chi connectivity index (χ0v) is 14.6. The number of hydrazone groups is 1. The molecule has 0 unspecified atom stereocenters. The maximum atomic E-state index is 4.61. The molecule has 1 N–H and O–H groups in total. The number of anilines is 1. The molecule has 0 atom stereocenters. The van der Waals surface area contributed by atoms with E-state index in [9.17, 15) is 0 Å². The predicted molar refractivity (Wildman–Crippen MR) is 96.1 cm³/mol. The molecule has 2 aromatic carbocycles. The first-order valence-electron chi connectivity index (χ1n) is 6.69. The molecular weight excluding hydrogens is 361 g/mol. The quantitative estimate of drug-likeness (QED) is 0.423. The molecule has 1 heterocycles. The van der Waals surface area contributed by atoms with E-state index in [0.29, 0.717) is 0 Å². The van der Waals surface area contributed by atoms with Crippen molar-refractivity contribution in [3.63, 3.8) is 0 Å². The Morgan fingerprint density at radius 3 is 2.32 bits per heavy atom. The molecule has 3 rings (SSSR count). The zero-order chi connectivity index (χ0) is 14.5. The molecule has 0 spiro atoms. The number of benzene rings is 2. The molecular formula is C17H16ClN3Se. The summed E-state index contributed by atoms with van der Waals surface area (Å²) < 4.78 is 0.941. The van der Waals surface area contributed by atoms with Crippen LogP contribution < -0.4 is 5.43 Å². The van der Waals surface area contributed by atoms with Crippen molar-refractivity contribution in [1.82, 2.24) is 4.98 Å². The van der Waals surface area contributed by atoms with Gasteiger partial charge in [0.2, 0.25) is 0 Å². The average molecular weight is 377 g/mol. The molecule has 0 fully saturated rings. The molecule has 0 aliphatic heterocycles. The summed E-state index contributed by atoms with van der Waals surface area (Å²) in [6, 6.07) is 20.4. The summed E-state index contributed by atoms with van der Waals surface area (Å²) in [7, 11) is 0. The van der Waals surface area contributed by atoms with Gasteiger partial charge >= 0.3 is 130 Å². The Bertz CT molecular complexity index is 739. The Kier molecular flexibility index (Phi) is 5.96. The summed E-state index contributed by atoms with van der Waals surface area (Å²) >= 11 is 0.214. The summed E-state index contributed by atoms with van der Waals surface area (Å²) in [5.74, 6) is 0. The Hall–Kier alpha value is -1.87. The Balaban J connectivity index is 0.00000176. The van der Waals surface area contributed by atoms with Crippen molar-refractivity contribution >= 4 is 37.3 Å². The van der Waals surface area contributed by atoms with E-state index in [2.05, 4.69) is 44.7 Å². The van der Waals surface area contributed by atoms with E-state index in [-0.39, 0.29) is 26.9 Å². The smallest absolute Gasteiger partial charge is 0.147 e. The van der Waals surface area contributed by atoms with E-state index in [1.807, 2.05) is 43.3 Å². The van der Waals surface area contributed by atoms with Crippen LogP contribution in [0.2, 0.25) is 0 Å². The van der Waals surface area contributed by atoms with Gasteiger partial charge in [0, 0.05) is 0 Å². The molecule has 0 amide bonds. The maximum absolute atomic E-state index is 4.61. The van der Waals surface area contributed by atoms with E-state index < -0.39 is 0 Å². The molecule has 0 aliphatic rings. The number of halogens is 1. The number of aromatic nitrogens is 1. The van der Waals surface area contributed by atoms with Gasteiger partial charge in [-0.3, -0.25) is 0 Å². The van der Waals surface area contributed by atoms with Gasteiger partial charge in [-0.15, -0.1) is 12.4 Å². The Morgan fingerprint density at radius 1 is 1.00 bits per heavy atom. The van der Waals surface area contributed by atoms with Crippen LogP contribution in [0.15, 0.2) is 70.7 Å². The first-order valence-corrected chi connectivity index (χ1v) is 8.54. The van der Waals surface area contributed by atoms with Crippen LogP contribution in [-0.4, -0.2) is 25.2 Å². The largest absolute Gasteiger partial charge is 0.147 e. The van der Waals surface area contributed by atoms with Crippen LogP contribution in [0.4, 0.5) is 4.69 Å². The molecule has 0 aliphatic carbocycles. The molecule has 112 valence electrons. The molecule has 3 nitrogen and oxygen atoms in total. The SMILES string of the molecule is C/C(=N/Nc1nc(-c2ccccc2)c[se]1)c1ccccc1.Cl. The van der Waals surface area contributed by atoms with Crippen molar-refractivity contribution < 1.29 is 0 Å². The zero-order valence-electron chi connectivity index (χ0n) is 12.1. The second-order valence-corrected chi connectivity index (χ2v) is 6.38. The number of hydrogen-bond donors (Lipinski definition) is 1. The molecule has 0 saturated carbocycles. The average Bonchev–Trinajstić information content (AvgIpc) is 3.03. The number of nitrogens with zero attached hydrogens (tertiary/aromatic N) is 2. The fraction of sp³-hybridized carbons (Fsp3) is 0.0588. The molecule has 22 heavy (non-hydrogen) atoms. The van der Waals surface area contributed by atoms with Gasteiger partial charge in [0.25, 0.3) is 0 Å². The summed E-state index contributed by atoms with van der Waals surface area (Å²) in [6.07, 6.45) is 0. The van der Waals surface area contributed by atoms with Gasteiger partial charge in [0.1, 0.15) is 0 Å². The number of rotatable bonds is 4. The number of hydrogen-bond acceptors (Lipinski definition) is 3. The topological polar surface area (TPSA) is 37.3 Å². The van der Waals surface area contributed by atoms with Crippen LogP contribution in [0.1, 0.15) is 12.5 Å². The third kappa shape index (κ3) is 4.08. The minimum atomic E-state index is 0. The molecule has 0 radical (unpaired) electrons. The predicted octanol–water partition coefficient (Wildman–Crippen LogP) is 4.06. The van der Waals surface area contributed by atoms with Gasteiger partial charge in [0.15, 0.2) is 0 Å². The van der Waals surface area contributed by atoms with Crippen LogP contribution in [0.5, 0.6) is 0 Å². The van der Waals surface area contributed by atoms with Crippen LogP contribution >= 0.6 is 12.4 Å². The fourth-order valence-corrected chi connectivity index (χ4v) is 3.33. The third-order valence-electron chi connectivity index (χ3n) is 3.08. The molecule has 0 bridgehead atoms. The van der Waals surface area contributed by atoms with E-state index in [1.54, 1.807) is 0 Å². The third-order valence-corrected chi connectivity index (χ3v) is 4.65. The van der Waals surface area contributed by atoms with Crippen LogP contribution in [-0.2, 0) is 0 Å². The van der Waals surface area contributed by atoms with Gasteiger partial charge in [-0.25, -0.2) is 0 Å². The molecule has 0 saturated heterocycles. The van der Waals surface area contributed by atoms with Gasteiger partial charge in [0.05, 0.1) is 0 Å².